The largest absolute Gasteiger partial charge is 0.415 e. The summed E-state index contributed by atoms with van der Waals surface area (Å²) in [5.41, 5.74) is 3.20. The van der Waals surface area contributed by atoms with Gasteiger partial charge < -0.3 is 24.8 Å². The van der Waals surface area contributed by atoms with Crippen LogP contribution in [0.15, 0.2) is 114 Å². The van der Waals surface area contributed by atoms with Crippen molar-refractivity contribution >= 4 is 39.4 Å². The first-order valence-electron chi connectivity index (χ1n) is 16.5. The van der Waals surface area contributed by atoms with Crippen LogP contribution in [0.4, 0.5) is 24.1 Å². The van der Waals surface area contributed by atoms with Crippen molar-refractivity contribution < 1.29 is 23.1 Å². The summed E-state index contributed by atoms with van der Waals surface area (Å²) in [4.78, 5) is 44.4. The zero-order valence-corrected chi connectivity index (χ0v) is 29.7. The van der Waals surface area contributed by atoms with E-state index in [1.54, 1.807) is 23.7 Å². The Morgan fingerprint density at radius 3 is 2.02 bits per heavy atom. The molecule has 266 valence electrons. The summed E-state index contributed by atoms with van der Waals surface area (Å²) in [5.74, 6) is -1.76. The Bertz CT molecular complexity index is 2240. The third-order valence-corrected chi connectivity index (χ3v) is 9.81. The average molecular weight is 722 g/mol. The number of thiophene rings is 1. The van der Waals surface area contributed by atoms with Gasteiger partial charge in [0.25, 0.3) is 0 Å². The van der Waals surface area contributed by atoms with E-state index < -0.39 is 23.2 Å². The number of aromatic nitrogens is 1. The number of carbonyl (C=O) groups is 2. The monoisotopic (exact) mass is 721 g/mol. The lowest BCUT2D eigenvalue weighted by Crippen LogP contribution is -2.31. The molecule has 2 heterocycles. The number of fused-ring (bicyclic) bond motifs is 1. The molecule has 6 aromatic rings. The molecule has 0 aliphatic heterocycles. The molecule has 0 saturated carbocycles. The summed E-state index contributed by atoms with van der Waals surface area (Å²) in [6.07, 6.45) is 0.583. The molecule has 3 amide bonds. The van der Waals surface area contributed by atoms with Crippen LogP contribution in [0.3, 0.4) is 0 Å². The lowest BCUT2D eigenvalue weighted by molar-refractivity contribution is 0.160. The highest BCUT2D eigenvalue weighted by Gasteiger charge is 2.25. The lowest BCUT2D eigenvalue weighted by atomic mass is 10.0. The van der Waals surface area contributed by atoms with Crippen LogP contribution >= 0.6 is 11.3 Å². The molecule has 0 aliphatic rings. The molecule has 12 heteroatoms. The molecule has 0 unspecified atom stereocenters. The van der Waals surface area contributed by atoms with Crippen LogP contribution in [-0.2, 0) is 26.2 Å². The SMILES string of the molecule is CNC(=O)Nc1ccc(-c2sc3c(c2CN(C)Cc2ccccc2)c(=O)c(OC(=O)N(C)Cc2ccccc2)cn3Cc2c(F)cccc2F)cc1. The smallest absolute Gasteiger partial charge is 0.404 e. The molecular formula is C40H37F2N5O4S. The molecule has 9 nitrogen and oxygen atoms in total. The van der Waals surface area contributed by atoms with Gasteiger partial charge in [-0.25, -0.2) is 18.4 Å². The zero-order valence-electron chi connectivity index (χ0n) is 28.9. The number of rotatable bonds is 11. The van der Waals surface area contributed by atoms with Crippen molar-refractivity contribution in [3.05, 3.63) is 153 Å². The van der Waals surface area contributed by atoms with Gasteiger partial charge in [-0.3, -0.25) is 9.69 Å². The van der Waals surface area contributed by atoms with Gasteiger partial charge >= 0.3 is 12.1 Å². The summed E-state index contributed by atoms with van der Waals surface area (Å²) in [5, 5.41) is 5.55. The number of nitrogens with zero attached hydrogens (tertiary/aromatic N) is 3. The maximum absolute atomic E-state index is 15.1. The molecule has 0 atom stereocenters. The Hall–Kier alpha value is -5.85. The van der Waals surface area contributed by atoms with Gasteiger partial charge in [0.15, 0.2) is 5.75 Å². The van der Waals surface area contributed by atoms with Crippen molar-refractivity contribution in [3.8, 4) is 16.2 Å². The van der Waals surface area contributed by atoms with Crippen molar-refractivity contribution in [1.29, 1.82) is 0 Å². The van der Waals surface area contributed by atoms with E-state index in [1.807, 2.05) is 79.8 Å². The Kier molecular flexibility index (Phi) is 11.1. The van der Waals surface area contributed by atoms with E-state index in [4.69, 9.17) is 4.74 Å². The third kappa shape index (κ3) is 8.20. The van der Waals surface area contributed by atoms with Crippen LogP contribution in [0.1, 0.15) is 22.3 Å². The van der Waals surface area contributed by atoms with Crippen molar-refractivity contribution in [2.75, 3.05) is 26.5 Å². The predicted octanol–water partition coefficient (Wildman–Crippen LogP) is 8.07. The summed E-state index contributed by atoms with van der Waals surface area (Å²) in [6, 6.07) is 29.7. The van der Waals surface area contributed by atoms with Gasteiger partial charge in [0, 0.05) is 49.9 Å². The maximum Gasteiger partial charge on any atom is 0.415 e. The summed E-state index contributed by atoms with van der Waals surface area (Å²) in [6.45, 7) is 0.852. The number of ether oxygens (including phenoxy) is 1. The second-order valence-corrected chi connectivity index (χ2v) is 13.4. The minimum atomic E-state index is -0.763. The minimum Gasteiger partial charge on any atom is -0.404 e. The number of carbonyl (C=O) groups excluding carboxylic acids is 2. The Balaban J connectivity index is 1.49. The average Bonchev–Trinajstić information content (AvgIpc) is 3.51. The molecule has 52 heavy (non-hydrogen) atoms. The number of hydrogen-bond acceptors (Lipinski definition) is 6. The van der Waals surface area contributed by atoms with Gasteiger partial charge in [-0.2, -0.15) is 0 Å². The highest BCUT2D eigenvalue weighted by Crippen LogP contribution is 2.40. The van der Waals surface area contributed by atoms with Crippen LogP contribution in [0.5, 0.6) is 5.75 Å². The first-order valence-corrected chi connectivity index (χ1v) is 17.3. The van der Waals surface area contributed by atoms with Gasteiger partial charge in [0.1, 0.15) is 16.5 Å². The maximum atomic E-state index is 15.1. The molecule has 0 radical (unpaired) electrons. The van der Waals surface area contributed by atoms with Crippen LogP contribution in [-0.4, -0.2) is 47.6 Å². The number of benzene rings is 4. The number of halogens is 2. The minimum absolute atomic E-state index is 0.201. The fourth-order valence-electron chi connectivity index (χ4n) is 5.91. The van der Waals surface area contributed by atoms with Crippen molar-refractivity contribution in [3.63, 3.8) is 0 Å². The number of urea groups is 1. The Labute approximate surface area is 303 Å². The van der Waals surface area contributed by atoms with Crippen molar-refractivity contribution in [2.24, 2.45) is 0 Å². The number of anilines is 1. The molecule has 2 aromatic heterocycles. The van der Waals surface area contributed by atoms with E-state index in [0.29, 0.717) is 29.2 Å². The van der Waals surface area contributed by atoms with Crippen LogP contribution in [0, 0.1) is 11.6 Å². The van der Waals surface area contributed by atoms with Crippen molar-refractivity contribution in [2.45, 2.75) is 26.2 Å². The summed E-state index contributed by atoms with van der Waals surface area (Å²) in [7, 11) is 5.03. The van der Waals surface area contributed by atoms with E-state index in [1.165, 1.54) is 47.7 Å². The van der Waals surface area contributed by atoms with E-state index in [9.17, 15) is 14.4 Å². The molecular weight excluding hydrogens is 685 g/mol. The van der Waals surface area contributed by atoms with Gasteiger partial charge in [-0.05, 0) is 53.6 Å². The van der Waals surface area contributed by atoms with E-state index >= 15 is 8.78 Å². The molecule has 0 aliphatic carbocycles. The van der Waals surface area contributed by atoms with Gasteiger partial charge in [-0.1, -0.05) is 78.9 Å². The predicted molar refractivity (Wildman–Crippen MR) is 201 cm³/mol. The second kappa shape index (κ2) is 16.0. The molecule has 0 fully saturated rings. The Morgan fingerprint density at radius 1 is 0.788 bits per heavy atom. The molecule has 6 rings (SSSR count). The second-order valence-electron chi connectivity index (χ2n) is 12.4. The topological polar surface area (TPSA) is 95.9 Å². The molecule has 0 saturated heterocycles. The number of pyridine rings is 1. The van der Waals surface area contributed by atoms with Gasteiger partial charge in [-0.15, -0.1) is 11.3 Å². The van der Waals surface area contributed by atoms with Crippen LogP contribution in [0.2, 0.25) is 0 Å². The first kappa shape index (κ1) is 36.0. The quantitative estimate of drug-likeness (QED) is 0.141. The highest BCUT2D eigenvalue weighted by molar-refractivity contribution is 7.22. The number of hydrogen-bond donors (Lipinski definition) is 2. The third-order valence-electron chi connectivity index (χ3n) is 8.49. The van der Waals surface area contributed by atoms with Crippen LogP contribution in [0.25, 0.3) is 20.7 Å². The summed E-state index contributed by atoms with van der Waals surface area (Å²) < 4.78 is 37.5. The molecule has 0 bridgehead atoms. The van der Waals surface area contributed by atoms with E-state index in [-0.39, 0.29) is 35.8 Å². The molecule has 0 spiro atoms. The molecule has 4 aromatic carbocycles. The Morgan fingerprint density at radius 2 is 1.40 bits per heavy atom. The highest BCUT2D eigenvalue weighted by atomic mass is 32.1. The standard InChI is InChI=1S/C40H37F2N5O4S/c1-43-39(49)44-29-19-17-28(18-20-29)37-31(23-45(2)21-26-11-6-4-7-12-26)35-36(48)34(51-40(50)46(3)22-27-13-8-5-9-14-27)25-47(38(35)52-37)24-30-32(41)15-10-16-33(30)42/h4-20,25H,21-24H2,1-3H3,(H2,43,44,49). The van der Waals surface area contributed by atoms with Gasteiger partial charge in [0.05, 0.1) is 18.1 Å². The summed E-state index contributed by atoms with van der Waals surface area (Å²) >= 11 is 1.30. The van der Waals surface area contributed by atoms with E-state index in [0.717, 1.165) is 21.6 Å². The fraction of sp³-hybridized carbons (Fsp3) is 0.175. The lowest BCUT2D eigenvalue weighted by Gasteiger charge is -2.19. The number of amides is 3. The number of nitrogens with one attached hydrogen (secondary N) is 2. The van der Waals surface area contributed by atoms with Gasteiger partial charge in [0.2, 0.25) is 5.43 Å². The van der Waals surface area contributed by atoms with Crippen LogP contribution < -0.4 is 20.8 Å². The fourth-order valence-corrected chi connectivity index (χ4v) is 7.20. The van der Waals surface area contributed by atoms with Crippen molar-refractivity contribution in [1.82, 2.24) is 19.7 Å². The molecule has 2 N–H and O–H groups in total. The normalized spacial score (nSPS) is 11.1. The van der Waals surface area contributed by atoms with E-state index in [2.05, 4.69) is 15.5 Å². The first-order chi connectivity index (χ1) is 25.1. The zero-order chi connectivity index (χ0) is 36.8.